The van der Waals surface area contributed by atoms with Crippen LogP contribution in [-0.4, -0.2) is 59.7 Å². The first-order valence-electron chi connectivity index (χ1n) is 9.51. The molecule has 0 radical (unpaired) electrons. The van der Waals surface area contributed by atoms with Gasteiger partial charge in [0.2, 0.25) is 0 Å². The van der Waals surface area contributed by atoms with Crippen LogP contribution in [0.2, 0.25) is 0 Å². The maximum atomic E-state index is 13.2. The number of amides is 1. The van der Waals surface area contributed by atoms with E-state index in [1.165, 1.54) is 0 Å². The monoisotopic (exact) mass is 371 g/mol. The molecule has 0 aliphatic carbocycles. The van der Waals surface area contributed by atoms with Crippen molar-refractivity contribution in [3.63, 3.8) is 0 Å². The van der Waals surface area contributed by atoms with Crippen molar-refractivity contribution < 1.29 is 4.79 Å². The van der Waals surface area contributed by atoms with Crippen LogP contribution in [0.25, 0.3) is 10.8 Å². The Kier molecular flexibility index (Phi) is 6.57. The smallest absolute Gasteiger partial charge is 0.254 e. The van der Waals surface area contributed by atoms with Gasteiger partial charge in [-0.15, -0.1) is 0 Å². The Bertz CT molecular complexity index is 746. The molecule has 4 nitrogen and oxygen atoms in total. The van der Waals surface area contributed by atoms with Crippen LogP contribution < -0.4 is 5.73 Å². The van der Waals surface area contributed by atoms with Crippen molar-refractivity contribution in [2.24, 2.45) is 5.73 Å². The quantitative estimate of drug-likeness (QED) is 0.768. The molecule has 0 bridgehead atoms. The Hall–Kier alpha value is -1.56. The minimum absolute atomic E-state index is 0.0815. The second-order valence-electron chi connectivity index (χ2n) is 7.16. The third kappa shape index (κ3) is 4.22. The second kappa shape index (κ2) is 8.89. The molecule has 0 spiro atoms. The molecule has 5 heteroatoms. The van der Waals surface area contributed by atoms with Crippen LogP contribution in [0.4, 0.5) is 0 Å². The standard InChI is InChI=1S/C21H29N3OS/c1-2-6-18-14-24(12-11-23(18)13-17(22)15-26)21(25)20-10-5-8-16-7-3-4-9-19(16)20/h3-5,7-10,17-18,26H,2,6,11-15,22H2,1H3. The van der Waals surface area contributed by atoms with E-state index < -0.39 is 0 Å². The maximum Gasteiger partial charge on any atom is 0.254 e. The summed E-state index contributed by atoms with van der Waals surface area (Å²) >= 11 is 4.31. The van der Waals surface area contributed by atoms with Crippen LogP contribution in [0.1, 0.15) is 30.1 Å². The Morgan fingerprint density at radius 2 is 2.00 bits per heavy atom. The van der Waals surface area contributed by atoms with Crippen LogP contribution in [0.15, 0.2) is 42.5 Å². The number of nitrogens with zero attached hydrogens (tertiary/aromatic N) is 2. The van der Waals surface area contributed by atoms with Crippen molar-refractivity contribution in [2.75, 3.05) is 31.9 Å². The van der Waals surface area contributed by atoms with Gasteiger partial charge in [-0.1, -0.05) is 49.7 Å². The lowest BCUT2D eigenvalue weighted by molar-refractivity contribution is 0.0453. The number of hydrogen-bond donors (Lipinski definition) is 2. The van der Waals surface area contributed by atoms with E-state index in [2.05, 4.69) is 36.6 Å². The molecule has 3 rings (SSSR count). The fourth-order valence-electron chi connectivity index (χ4n) is 3.87. The van der Waals surface area contributed by atoms with E-state index in [1.54, 1.807) is 0 Å². The van der Waals surface area contributed by atoms with Gasteiger partial charge in [0.25, 0.3) is 5.91 Å². The van der Waals surface area contributed by atoms with Gasteiger partial charge in [0.15, 0.2) is 0 Å². The Morgan fingerprint density at radius 3 is 2.77 bits per heavy atom. The molecule has 0 aromatic heterocycles. The fraction of sp³-hybridized carbons (Fsp3) is 0.476. The van der Waals surface area contributed by atoms with Crippen LogP contribution in [0.3, 0.4) is 0 Å². The van der Waals surface area contributed by atoms with E-state index in [9.17, 15) is 4.79 Å². The molecule has 26 heavy (non-hydrogen) atoms. The molecule has 140 valence electrons. The summed E-state index contributed by atoms with van der Waals surface area (Å²) in [5.41, 5.74) is 6.92. The number of carbonyl (C=O) groups is 1. The van der Waals surface area contributed by atoms with E-state index >= 15 is 0 Å². The first-order chi connectivity index (χ1) is 12.6. The van der Waals surface area contributed by atoms with Gasteiger partial charge < -0.3 is 10.6 Å². The number of hydrogen-bond acceptors (Lipinski definition) is 4. The van der Waals surface area contributed by atoms with Crippen molar-refractivity contribution >= 4 is 29.3 Å². The van der Waals surface area contributed by atoms with Gasteiger partial charge in [-0.3, -0.25) is 9.69 Å². The Balaban J connectivity index is 1.78. The van der Waals surface area contributed by atoms with Gasteiger partial charge >= 0.3 is 0 Å². The molecule has 2 aromatic carbocycles. The van der Waals surface area contributed by atoms with Gasteiger partial charge in [0, 0.05) is 49.6 Å². The largest absolute Gasteiger partial charge is 0.336 e. The molecular weight excluding hydrogens is 342 g/mol. The predicted molar refractivity (Wildman–Crippen MR) is 112 cm³/mol. The summed E-state index contributed by atoms with van der Waals surface area (Å²) in [6.07, 6.45) is 2.19. The summed E-state index contributed by atoms with van der Waals surface area (Å²) in [6, 6.07) is 14.5. The zero-order valence-electron chi connectivity index (χ0n) is 15.5. The fourth-order valence-corrected chi connectivity index (χ4v) is 3.98. The minimum atomic E-state index is 0.0815. The van der Waals surface area contributed by atoms with E-state index in [0.29, 0.717) is 11.8 Å². The highest BCUT2D eigenvalue weighted by atomic mass is 32.1. The summed E-state index contributed by atoms with van der Waals surface area (Å²) in [4.78, 5) is 17.7. The van der Waals surface area contributed by atoms with Gasteiger partial charge in [-0.05, 0) is 23.3 Å². The zero-order valence-corrected chi connectivity index (χ0v) is 16.4. The topological polar surface area (TPSA) is 49.6 Å². The molecule has 0 saturated carbocycles. The van der Waals surface area contributed by atoms with Crippen LogP contribution in [0.5, 0.6) is 0 Å². The molecule has 2 atom stereocenters. The van der Waals surface area contributed by atoms with Gasteiger partial charge in [0.1, 0.15) is 0 Å². The Labute approximate surface area is 161 Å². The molecule has 2 unspecified atom stereocenters. The van der Waals surface area contributed by atoms with Crippen molar-refractivity contribution in [3.8, 4) is 0 Å². The summed E-state index contributed by atoms with van der Waals surface area (Å²) in [6.45, 7) is 5.45. The highest BCUT2D eigenvalue weighted by Crippen LogP contribution is 2.22. The highest BCUT2D eigenvalue weighted by Gasteiger charge is 2.30. The van der Waals surface area contributed by atoms with Gasteiger partial charge in [0.05, 0.1) is 0 Å². The van der Waals surface area contributed by atoms with Crippen molar-refractivity contribution in [2.45, 2.75) is 31.8 Å². The summed E-state index contributed by atoms with van der Waals surface area (Å²) in [5.74, 6) is 0.828. The lowest BCUT2D eigenvalue weighted by Gasteiger charge is -2.42. The highest BCUT2D eigenvalue weighted by molar-refractivity contribution is 7.80. The molecule has 1 fully saturated rings. The predicted octanol–water partition coefficient (Wildman–Crippen LogP) is 3.02. The lowest BCUT2D eigenvalue weighted by atomic mass is 10.0. The van der Waals surface area contributed by atoms with E-state index in [0.717, 1.165) is 55.4 Å². The van der Waals surface area contributed by atoms with Crippen molar-refractivity contribution in [3.05, 3.63) is 48.0 Å². The second-order valence-corrected chi connectivity index (χ2v) is 7.52. The van der Waals surface area contributed by atoms with E-state index in [-0.39, 0.29) is 11.9 Å². The lowest BCUT2D eigenvalue weighted by Crippen LogP contribution is -2.57. The molecule has 1 amide bonds. The van der Waals surface area contributed by atoms with Gasteiger partial charge in [-0.2, -0.15) is 12.6 Å². The SMILES string of the molecule is CCCC1CN(C(=O)c2cccc3ccccc23)CCN1CC(N)CS. The molecule has 1 aliphatic heterocycles. The van der Waals surface area contributed by atoms with E-state index in [4.69, 9.17) is 5.73 Å². The van der Waals surface area contributed by atoms with Crippen molar-refractivity contribution in [1.82, 2.24) is 9.80 Å². The van der Waals surface area contributed by atoms with Gasteiger partial charge in [-0.25, -0.2) is 0 Å². The Morgan fingerprint density at radius 1 is 1.23 bits per heavy atom. The van der Waals surface area contributed by atoms with Crippen LogP contribution in [0, 0.1) is 0 Å². The average Bonchev–Trinajstić information content (AvgIpc) is 2.68. The molecule has 1 aliphatic rings. The molecule has 1 saturated heterocycles. The summed E-state index contributed by atoms with van der Waals surface area (Å²) < 4.78 is 0. The molecule has 2 aromatic rings. The number of rotatable bonds is 6. The van der Waals surface area contributed by atoms with E-state index in [1.807, 2.05) is 35.2 Å². The third-order valence-corrected chi connectivity index (χ3v) is 5.71. The number of thiol groups is 1. The first kappa shape index (κ1) is 19.2. The first-order valence-corrected chi connectivity index (χ1v) is 10.1. The molecule has 2 N–H and O–H groups in total. The minimum Gasteiger partial charge on any atom is -0.336 e. The normalized spacial score (nSPS) is 19.7. The number of nitrogens with two attached hydrogens (primary N) is 1. The van der Waals surface area contributed by atoms with Crippen molar-refractivity contribution in [1.29, 1.82) is 0 Å². The van der Waals surface area contributed by atoms with Crippen LogP contribution in [-0.2, 0) is 0 Å². The van der Waals surface area contributed by atoms with Crippen LogP contribution >= 0.6 is 12.6 Å². The summed E-state index contributed by atoms with van der Waals surface area (Å²) in [7, 11) is 0. The summed E-state index contributed by atoms with van der Waals surface area (Å²) in [5, 5.41) is 2.15. The number of piperazine rings is 1. The number of carbonyl (C=O) groups excluding carboxylic acids is 1. The molecule has 1 heterocycles. The number of fused-ring (bicyclic) bond motifs is 1. The maximum absolute atomic E-state index is 13.2. The molecular formula is C21H29N3OS. The third-order valence-electron chi connectivity index (χ3n) is 5.24. The average molecular weight is 372 g/mol. The number of benzene rings is 2. The zero-order chi connectivity index (χ0) is 18.5.